The molecule has 1 amide bonds. The highest BCUT2D eigenvalue weighted by Crippen LogP contribution is 2.43. The van der Waals surface area contributed by atoms with Gasteiger partial charge in [-0.2, -0.15) is 0 Å². The standard InChI is InChI=1S/C48H52N4O9/c1-7-47(3,4)45(56)51-27-31(37-15-11-12-16-39(37)51)25-26-49-42(54)38-28-52(46(57)50-43(38)55)44-30(2)41(53)40(61-44)29-60-48(32-13-9-8-10-14-32,33-17-21-35(58-5)22-18-33)34-19-23-36(59-6)24-20-34/h8-24,27-28,30,40-41,44,53H,7,25-26,29H2,1-6H3,(H,49,54)(H,50,55,57)/t30-,40+,41?,44+/m0/s1. The SMILES string of the molecule is CCC(C)(C)C(=O)n1cc(CCNC(=O)c2cn([C@@H]3O[C@H](COC(c4ccccc4)(c4ccc(OC)cc4)c4ccc(OC)cc4)C(O)[C@@H]3C)c(=O)[nH]c2=O)c2ccccc21. The van der Waals surface area contributed by atoms with Crippen molar-refractivity contribution in [3.05, 3.63) is 164 Å². The number of fused-ring (bicyclic) bond motifs is 1. The summed E-state index contributed by atoms with van der Waals surface area (Å²) >= 11 is 0. The Labute approximate surface area is 353 Å². The number of nitrogens with zero attached hydrogens (tertiary/aromatic N) is 2. The van der Waals surface area contributed by atoms with E-state index in [4.69, 9.17) is 18.9 Å². The summed E-state index contributed by atoms with van der Waals surface area (Å²) in [6.45, 7) is 7.57. The second-order valence-corrected chi connectivity index (χ2v) is 16.0. The van der Waals surface area contributed by atoms with Gasteiger partial charge < -0.3 is 29.4 Å². The molecular weight excluding hydrogens is 777 g/mol. The summed E-state index contributed by atoms with van der Waals surface area (Å²) in [5.74, 6) is -0.0424. The number of aromatic amines is 1. The lowest BCUT2D eigenvalue weighted by atomic mass is 9.80. The van der Waals surface area contributed by atoms with Crippen molar-refractivity contribution >= 4 is 22.7 Å². The molecule has 0 aliphatic carbocycles. The molecule has 13 nitrogen and oxygen atoms in total. The number of amides is 1. The van der Waals surface area contributed by atoms with Crippen molar-refractivity contribution in [2.24, 2.45) is 11.3 Å². The van der Waals surface area contributed by atoms with Crippen LogP contribution >= 0.6 is 0 Å². The number of methoxy groups -OCH3 is 2. The Morgan fingerprint density at radius 3 is 2.03 bits per heavy atom. The van der Waals surface area contributed by atoms with Gasteiger partial charge in [-0.25, -0.2) is 4.79 Å². The van der Waals surface area contributed by atoms with Crippen molar-refractivity contribution in [3.8, 4) is 11.5 Å². The largest absolute Gasteiger partial charge is 0.497 e. The Bertz CT molecular complexity index is 2570. The van der Waals surface area contributed by atoms with Crippen molar-refractivity contribution in [2.75, 3.05) is 27.4 Å². The average Bonchev–Trinajstić information content (AvgIpc) is 3.79. The number of carbonyl (C=O) groups excluding carboxylic acids is 2. The van der Waals surface area contributed by atoms with Gasteiger partial charge in [-0.1, -0.05) is 100 Å². The van der Waals surface area contributed by atoms with Crippen LogP contribution in [0.4, 0.5) is 0 Å². The monoisotopic (exact) mass is 828 g/mol. The third-order valence-corrected chi connectivity index (χ3v) is 12.0. The molecule has 1 saturated heterocycles. The molecule has 0 saturated carbocycles. The first-order chi connectivity index (χ1) is 29.3. The van der Waals surface area contributed by atoms with Crippen molar-refractivity contribution in [3.63, 3.8) is 0 Å². The molecule has 1 aliphatic heterocycles. The second-order valence-electron chi connectivity index (χ2n) is 16.0. The van der Waals surface area contributed by atoms with E-state index in [1.807, 2.05) is 130 Å². The number of carbonyl (C=O) groups is 2. The van der Waals surface area contributed by atoms with Gasteiger partial charge in [0.1, 0.15) is 35.0 Å². The third kappa shape index (κ3) is 8.28. The van der Waals surface area contributed by atoms with E-state index >= 15 is 0 Å². The fraction of sp³-hybridized carbons (Fsp3) is 0.333. The molecule has 61 heavy (non-hydrogen) atoms. The number of para-hydroxylation sites is 1. The minimum Gasteiger partial charge on any atom is -0.497 e. The lowest BCUT2D eigenvalue weighted by Crippen LogP contribution is -2.39. The van der Waals surface area contributed by atoms with Gasteiger partial charge in [-0.05, 0) is 65.4 Å². The number of rotatable bonds is 15. The number of hydrogen-bond donors (Lipinski definition) is 3. The molecule has 0 radical (unpaired) electrons. The first-order valence-corrected chi connectivity index (χ1v) is 20.4. The van der Waals surface area contributed by atoms with Crippen LogP contribution in [0.2, 0.25) is 0 Å². The average molecular weight is 829 g/mol. The number of nitrogens with one attached hydrogen (secondary N) is 2. The molecule has 1 aliphatic rings. The molecule has 0 spiro atoms. The Hall–Kier alpha value is -6.28. The topological polar surface area (TPSA) is 163 Å². The Kier molecular flexibility index (Phi) is 12.5. The zero-order valence-electron chi connectivity index (χ0n) is 35.2. The van der Waals surface area contributed by atoms with Gasteiger partial charge in [-0.3, -0.25) is 28.5 Å². The van der Waals surface area contributed by atoms with E-state index in [9.17, 15) is 24.3 Å². The fourth-order valence-corrected chi connectivity index (χ4v) is 7.97. The zero-order chi connectivity index (χ0) is 43.5. The van der Waals surface area contributed by atoms with Gasteiger partial charge in [0.2, 0.25) is 5.91 Å². The molecule has 4 aromatic carbocycles. The smallest absolute Gasteiger partial charge is 0.330 e. The van der Waals surface area contributed by atoms with E-state index in [1.54, 1.807) is 25.7 Å². The van der Waals surface area contributed by atoms with Gasteiger partial charge in [0.15, 0.2) is 0 Å². The highest BCUT2D eigenvalue weighted by Gasteiger charge is 2.45. The van der Waals surface area contributed by atoms with Crippen LogP contribution in [0.15, 0.2) is 125 Å². The van der Waals surface area contributed by atoms with Gasteiger partial charge in [0, 0.05) is 35.7 Å². The summed E-state index contributed by atoms with van der Waals surface area (Å²) in [6.07, 6.45) is 0.960. The Morgan fingerprint density at radius 1 is 0.836 bits per heavy atom. The van der Waals surface area contributed by atoms with Crippen LogP contribution in [0.1, 0.15) is 77.8 Å². The van der Waals surface area contributed by atoms with Crippen molar-refractivity contribution in [1.82, 2.24) is 19.4 Å². The third-order valence-electron chi connectivity index (χ3n) is 12.0. The molecular formula is C48H52N4O9. The quantitative estimate of drug-likeness (QED) is 0.0987. The Balaban J connectivity index is 1.12. The molecule has 1 unspecified atom stereocenters. The molecule has 6 aromatic rings. The van der Waals surface area contributed by atoms with E-state index in [0.29, 0.717) is 24.3 Å². The maximum atomic E-state index is 13.6. The van der Waals surface area contributed by atoms with Crippen LogP contribution in [0.25, 0.3) is 10.9 Å². The number of H-pyrrole nitrogens is 1. The van der Waals surface area contributed by atoms with Gasteiger partial charge in [0.05, 0.1) is 32.4 Å². The highest BCUT2D eigenvalue weighted by atomic mass is 16.6. The van der Waals surface area contributed by atoms with Crippen molar-refractivity contribution < 1.29 is 33.6 Å². The van der Waals surface area contributed by atoms with Crippen LogP contribution in [0.5, 0.6) is 11.5 Å². The second kappa shape index (κ2) is 17.7. The van der Waals surface area contributed by atoms with E-state index in [1.165, 1.54) is 6.20 Å². The van der Waals surface area contributed by atoms with E-state index in [0.717, 1.165) is 37.7 Å². The van der Waals surface area contributed by atoms with Crippen LogP contribution in [0, 0.1) is 11.3 Å². The van der Waals surface area contributed by atoms with Crippen LogP contribution in [0.3, 0.4) is 0 Å². The van der Waals surface area contributed by atoms with Crippen LogP contribution in [-0.4, -0.2) is 70.6 Å². The van der Waals surface area contributed by atoms with E-state index in [2.05, 4.69) is 10.3 Å². The maximum Gasteiger partial charge on any atom is 0.330 e. The fourth-order valence-electron chi connectivity index (χ4n) is 7.97. The molecule has 2 aromatic heterocycles. The number of hydrogen-bond acceptors (Lipinski definition) is 9. The lowest BCUT2D eigenvalue weighted by molar-refractivity contribution is -0.0948. The minimum atomic E-state index is -1.19. The van der Waals surface area contributed by atoms with E-state index in [-0.39, 0.29) is 24.6 Å². The molecule has 4 atom stereocenters. The minimum absolute atomic E-state index is 0.0254. The maximum absolute atomic E-state index is 13.6. The van der Waals surface area contributed by atoms with Crippen LogP contribution in [-0.2, 0) is 21.5 Å². The van der Waals surface area contributed by atoms with Gasteiger partial charge >= 0.3 is 5.69 Å². The van der Waals surface area contributed by atoms with E-state index < -0.39 is 52.5 Å². The summed E-state index contributed by atoms with van der Waals surface area (Å²) in [6, 6.07) is 32.4. The summed E-state index contributed by atoms with van der Waals surface area (Å²) < 4.78 is 27.1. The summed E-state index contributed by atoms with van der Waals surface area (Å²) in [4.78, 5) is 55.7. The molecule has 3 N–H and O–H groups in total. The van der Waals surface area contributed by atoms with Crippen molar-refractivity contribution in [1.29, 1.82) is 0 Å². The lowest BCUT2D eigenvalue weighted by Gasteiger charge is -2.37. The summed E-state index contributed by atoms with van der Waals surface area (Å²) in [7, 11) is 3.20. The molecule has 3 heterocycles. The molecule has 318 valence electrons. The number of aromatic nitrogens is 3. The highest BCUT2D eigenvalue weighted by molar-refractivity contribution is 5.97. The molecule has 13 heteroatoms. The molecule has 0 bridgehead atoms. The van der Waals surface area contributed by atoms with Crippen molar-refractivity contribution in [2.45, 2.75) is 64.6 Å². The summed E-state index contributed by atoms with van der Waals surface area (Å²) in [5, 5.41) is 15.3. The molecule has 1 fully saturated rings. The van der Waals surface area contributed by atoms with Crippen LogP contribution < -0.4 is 26.0 Å². The summed E-state index contributed by atoms with van der Waals surface area (Å²) in [5.41, 5.74) is 0.313. The molecule has 7 rings (SSSR count). The first kappa shape index (κ1) is 42.8. The normalized spacial score (nSPS) is 18.0. The Morgan fingerprint density at radius 2 is 1.43 bits per heavy atom. The predicted molar refractivity (Wildman–Crippen MR) is 231 cm³/mol. The first-order valence-electron chi connectivity index (χ1n) is 20.4. The number of benzene rings is 4. The van der Waals surface area contributed by atoms with Gasteiger partial charge in [0.25, 0.3) is 11.5 Å². The predicted octanol–water partition coefficient (Wildman–Crippen LogP) is 6.46. The zero-order valence-corrected chi connectivity index (χ0v) is 35.2. The number of aliphatic hydroxyl groups is 1. The number of ether oxygens (including phenoxy) is 4. The number of aliphatic hydroxyl groups excluding tert-OH is 1. The van der Waals surface area contributed by atoms with Gasteiger partial charge in [-0.15, -0.1) is 0 Å².